The van der Waals surface area contributed by atoms with Gasteiger partial charge in [-0.15, -0.1) is 0 Å². The number of anilines is 1. The number of carbonyl (C=O) groups is 2. The van der Waals surface area contributed by atoms with Crippen molar-refractivity contribution in [3.05, 3.63) is 60.2 Å². The first-order chi connectivity index (χ1) is 13.1. The van der Waals surface area contributed by atoms with E-state index in [9.17, 15) is 9.59 Å². The third kappa shape index (κ3) is 5.31. The Kier molecular flexibility index (Phi) is 6.08. The Morgan fingerprint density at radius 3 is 2.37 bits per heavy atom. The van der Waals surface area contributed by atoms with Gasteiger partial charge in [-0.05, 0) is 49.7 Å². The smallest absolute Gasteiger partial charge is 0.246 e. The van der Waals surface area contributed by atoms with Crippen molar-refractivity contribution in [2.45, 2.75) is 24.9 Å². The molecule has 0 saturated heterocycles. The maximum Gasteiger partial charge on any atom is 0.246 e. The predicted octanol–water partition coefficient (Wildman–Crippen LogP) is 2.59. The lowest BCUT2D eigenvalue weighted by Gasteiger charge is -2.27. The number of nitrogens with one attached hydrogen (secondary N) is 2. The van der Waals surface area contributed by atoms with Crippen LogP contribution < -0.4 is 15.4 Å². The molecule has 2 amide bonds. The minimum absolute atomic E-state index is 0.0572. The molecule has 27 heavy (non-hydrogen) atoms. The standard InChI is InChI=1S/C21H25N3O3/c1-24(14-19(25)22-16-8-9-16)20(15-6-4-3-5-7-15)21(26)23-17-10-12-18(27-2)13-11-17/h3-7,10-13,16,20H,8-9,14H2,1-2H3,(H,22,25)(H,23,26). The molecule has 2 N–H and O–H groups in total. The zero-order valence-corrected chi connectivity index (χ0v) is 15.6. The molecule has 6 heteroatoms. The second-order valence-corrected chi connectivity index (χ2v) is 6.79. The Morgan fingerprint density at radius 1 is 1.11 bits per heavy atom. The van der Waals surface area contributed by atoms with E-state index in [1.807, 2.05) is 30.3 Å². The number of carbonyl (C=O) groups excluding carboxylic acids is 2. The minimum Gasteiger partial charge on any atom is -0.497 e. The van der Waals surface area contributed by atoms with E-state index in [0.717, 1.165) is 24.2 Å². The van der Waals surface area contributed by atoms with Crippen molar-refractivity contribution in [1.82, 2.24) is 10.2 Å². The molecule has 0 heterocycles. The molecule has 1 unspecified atom stereocenters. The molecular weight excluding hydrogens is 342 g/mol. The van der Waals surface area contributed by atoms with Crippen LogP contribution in [0.4, 0.5) is 5.69 Å². The Labute approximate surface area is 159 Å². The molecule has 1 aliphatic carbocycles. The molecule has 3 rings (SSSR count). The summed E-state index contributed by atoms with van der Waals surface area (Å²) in [4.78, 5) is 27.0. The summed E-state index contributed by atoms with van der Waals surface area (Å²) in [6.07, 6.45) is 2.07. The van der Waals surface area contributed by atoms with Crippen LogP contribution in [0.3, 0.4) is 0 Å². The maximum absolute atomic E-state index is 13.0. The lowest BCUT2D eigenvalue weighted by molar-refractivity contribution is -0.125. The molecule has 1 aliphatic rings. The topological polar surface area (TPSA) is 70.7 Å². The zero-order valence-electron chi connectivity index (χ0n) is 15.6. The lowest BCUT2D eigenvalue weighted by atomic mass is 10.0. The summed E-state index contributed by atoms with van der Waals surface area (Å²) < 4.78 is 5.14. The monoisotopic (exact) mass is 367 g/mol. The Bertz CT molecular complexity index is 773. The predicted molar refractivity (Wildman–Crippen MR) is 105 cm³/mol. The molecule has 0 bridgehead atoms. The van der Waals surface area contributed by atoms with Gasteiger partial charge < -0.3 is 15.4 Å². The first-order valence-corrected chi connectivity index (χ1v) is 9.06. The normalized spacial score (nSPS) is 14.5. The second kappa shape index (κ2) is 8.68. The highest BCUT2D eigenvalue weighted by atomic mass is 16.5. The molecule has 0 radical (unpaired) electrons. The van der Waals surface area contributed by atoms with Crippen LogP contribution in [0.1, 0.15) is 24.4 Å². The van der Waals surface area contributed by atoms with Gasteiger partial charge in [0.05, 0.1) is 13.7 Å². The molecule has 2 aromatic carbocycles. The van der Waals surface area contributed by atoms with E-state index in [2.05, 4.69) is 10.6 Å². The third-order valence-electron chi connectivity index (χ3n) is 4.50. The van der Waals surface area contributed by atoms with E-state index in [-0.39, 0.29) is 18.4 Å². The number of hydrogen-bond acceptors (Lipinski definition) is 4. The molecular formula is C21H25N3O3. The van der Waals surface area contributed by atoms with E-state index in [1.54, 1.807) is 43.3 Å². The third-order valence-corrected chi connectivity index (χ3v) is 4.50. The van der Waals surface area contributed by atoms with Crippen LogP contribution in [0.15, 0.2) is 54.6 Å². The van der Waals surface area contributed by atoms with Gasteiger partial charge in [-0.3, -0.25) is 14.5 Å². The average Bonchev–Trinajstić information content (AvgIpc) is 3.47. The summed E-state index contributed by atoms with van der Waals surface area (Å²) in [6, 6.07) is 16.4. The minimum atomic E-state index is -0.571. The van der Waals surface area contributed by atoms with Gasteiger partial charge in [0.15, 0.2) is 0 Å². The van der Waals surface area contributed by atoms with Gasteiger partial charge in [0.2, 0.25) is 11.8 Å². The number of rotatable bonds is 8. The fourth-order valence-electron chi connectivity index (χ4n) is 2.95. The van der Waals surface area contributed by atoms with Crippen LogP contribution in [-0.4, -0.2) is 43.5 Å². The number of ether oxygens (including phenoxy) is 1. The van der Waals surface area contributed by atoms with Gasteiger partial charge in [-0.1, -0.05) is 30.3 Å². The van der Waals surface area contributed by atoms with Crippen molar-refractivity contribution in [3.63, 3.8) is 0 Å². The van der Waals surface area contributed by atoms with Crippen molar-refractivity contribution in [2.75, 3.05) is 26.0 Å². The van der Waals surface area contributed by atoms with E-state index in [4.69, 9.17) is 4.74 Å². The highest BCUT2D eigenvalue weighted by molar-refractivity contribution is 5.96. The molecule has 6 nitrogen and oxygen atoms in total. The zero-order chi connectivity index (χ0) is 19.2. The summed E-state index contributed by atoms with van der Waals surface area (Å²) in [5, 5.41) is 5.90. The van der Waals surface area contributed by atoms with Gasteiger partial charge in [0.1, 0.15) is 11.8 Å². The maximum atomic E-state index is 13.0. The van der Waals surface area contributed by atoms with Crippen molar-refractivity contribution < 1.29 is 14.3 Å². The lowest BCUT2D eigenvalue weighted by Crippen LogP contribution is -2.41. The number of benzene rings is 2. The number of amides is 2. The van der Waals surface area contributed by atoms with Gasteiger partial charge in [-0.25, -0.2) is 0 Å². The van der Waals surface area contributed by atoms with Crippen LogP contribution in [-0.2, 0) is 9.59 Å². The molecule has 1 atom stereocenters. The fraction of sp³-hybridized carbons (Fsp3) is 0.333. The Hall–Kier alpha value is -2.86. The van der Waals surface area contributed by atoms with Crippen LogP contribution in [0, 0.1) is 0 Å². The first-order valence-electron chi connectivity index (χ1n) is 9.06. The van der Waals surface area contributed by atoms with Gasteiger partial charge in [0, 0.05) is 11.7 Å². The Balaban J connectivity index is 1.73. The summed E-state index contributed by atoms with van der Waals surface area (Å²) >= 11 is 0. The second-order valence-electron chi connectivity index (χ2n) is 6.79. The van der Waals surface area contributed by atoms with E-state index in [1.165, 1.54) is 0 Å². The average molecular weight is 367 g/mol. The first kappa shape index (κ1) is 18.9. The highest BCUT2D eigenvalue weighted by Gasteiger charge is 2.29. The molecule has 1 fully saturated rings. The number of methoxy groups -OCH3 is 1. The number of likely N-dealkylation sites (N-methyl/N-ethyl adjacent to an activating group) is 1. The van der Waals surface area contributed by atoms with E-state index >= 15 is 0 Å². The van der Waals surface area contributed by atoms with E-state index in [0.29, 0.717) is 11.7 Å². The van der Waals surface area contributed by atoms with Crippen LogP contribution in [0.5, 0.6) is 5.75 Å². The molecule has 0 aromatic heterocycles. The highest BCUT2D eigenvalue weighted by Crippen LogP contribution is 2.23. The number of nitrogens with zero attached hydrogens (tertiary/aromatic N) is 1. The SMILES string of the molecule is COc1ccc(NC(=O)C(c2ccccc2)N(C)CC(=O)NC2CC2)cc1. The van der Waals surface area contributed by atoms with Crippen LogP contribution in [0.25, 0.3) is 0 Å². The largest absolute Gasteiger partial charge is 0.497 e. The summed E-state index contributed by atoms with van der Waals surface area (Å²) in [6.45, 7) is 0.159. The molecule has 0 aliphatic heterocycles. The number of hydrogen-bond donors (Lipinski definition) is 2. The van der Waals surface area contributed by atoms with Gasteiger partial charge in [0.25, 0.3) is 0 Å². The van der Waals surface area contributed by atoms with Crippen molar-refractivity contribution in [3.8, 4) is 5.75 Å². The van der Waals surface area contributed by atoms with Crippen molar-refractivity contribution in [1.29, 1.82) is 0 Å². The molecule has 1 saturated carbocycles. The molecule has 142 valence electrons. The summed E-state index contributed by atoms with van der Waals surface area (Å²) in [7, 11) is 3.39. The summed E-state index contributed by atoms with van der Waals surface area (Å²) in [5.41, 5.74) is 1.52. The van der Waals surface area contributed by atoms with Crippen molar-refractivity contribution in [2.24, 2.45) is 0 Å². The summed E-state index contributed by atoms with van der Waals surface area (Å²) in [5.74, 6) is 0.479. The molecule has 2 aromatic rings. The molecule has 0 spiro atoms. The van der Waals surface area contributed by atoms with Crippen LogP contribution in [0.2, 0.25) is 0 Å². The van der Waals surface area contributed by atoms with Gasteiger partial charge >= 0.3 is 0 Å². The van der Waals surface area contributed by atoms with E-state index < -0.39 is 6.04 Å². The van der Waals surface area contributed by atoms with Crippen molar-refractivity contribution >= 4 is 17.5 Å². The van der Waals surface area contributed by atoms with Crippen LogP contribution >= 0.6 is 0 Å². The Morgan fingerprint density at radius 2 is 1.78 bits per heavy atom. The quantitative estimate of drug-likeness (QED) is 0.752. The van der Waals surface area contributed by atoms with Gasteiger partial charge in [-0.2, -0.15) is 0 Å². The fourth-order valence-corrected chi connectivity index (χ4v) is 2.95.